The Kier molecular flexibility index (Phi) is 7.39. The summed E-state index contributed by atoms with van der Waals surface area (Å²) >= 11 is 6.14. The predicted octanol–water partition coefficient (Wildman–Crippen LogP) is 0.764. The summed E-state index contributed by atoms with van der Waals surface area (Å²) in [6.45, 7) is 3.98. The zero-order valence-corrected chi connectivity index (χ0v) is 15.3. The normalized spacial score (nSPS) is 16.2. The number of nitrogens with zero attached hydrogens (tertiary/aromatic N) is 2. The van der Waals surface area contributed by atoms with Gasteiger partial charge in [-0.3, -0.25) is 0 Å². The second-order valence-electron chi connectivity index (χ2n) is 5.30. The summed E-state index contributed by atoms with van der Waals surface area (Å²) in [7, 11) is 5.65. The van der Waals surface area contributed by atoms with Crippen LogP contribution in [0.1, 0.15) is 6.92 Å². The molecule has 1 aromatic carbocycles. The van der Waals surface area contributed by atoms with Crippen LogP contribution in [0.3, 0.4) is 0 Å². The molecule has 0 saturated carbocycles. The van der Waals surface area contributed by atoms with Gasteiger partial charge in [0.15, 0.2) is 12.0 Å². The van der Waals surface area contributed by atoms with Gasteiger partial charge in [0, 0.05) is 20.2 Å². The number of likely N-dealkylation sites (N-methyl/N-ethyl adjacent to an activating group) is 1. The first-order valence-corrected chi connectivity index (χ1v) is 7.57. The van der Waals surface area contributed by atoms with Gasteiger partial charge in [0.2, 0.25) is 0 Å². The van der Waals surface area contributed by atoms with E-state index in [2.05, 4.69) is 9.80 Å². The first-order valence-electron chi connectivity index (χ1n) is 7.20. The summed E-state index contributed by atoms with van der Waals surface area (Å²) in [6.07, 6.45) is -0.361. The van der Waals surface area contributed by atoms with Gasteiger partial charge in [-0.25, -0.2) is 4.79 Å². The zero-order chi connectivity index (χ0) is 16.3. The number of methoxy groups -OCH3 is 1. The van der Waals surface area contributed by atoms with Crippen molar-refractivity contribution in [2.75, 3.05) is 45.8 Å². The minimum atomic E-state index is -0.361. The van der Waals surface area contributed by atoms with Crippen LogP contribution in [0.25, 0.3) is 5.76 Å². The van der Waals surface area contributed by atoms with Crippen LogP contribution >= 0.6 is 24.0 Å². The Balaban J connectivity index is 0.00000264. The molecule has 23 heavy (non-hydrogen) atoms. The van der Waals surface area contributed by atoms with Gasteiger partial charge in [-0.15, -0.1) is 12.4 Å². The average Bonchev–Trinajstić information content (AvgIpc) is 2.78. The molecular formula is C16H22Cl2N2O3. The molecule has 1 atom stereocenters. The summed E-state index contributed by atoms with van der Waals surface area (Å²) in [4.78, 5) is 15.5. The number of carbonyl (C=O) groups excluding carboxylic acids is 1. The number of hydrogen-bond donors (Lipinski definition) is 0. The summed E-state index contributed by atoms with van der Waals surface area (Å²) in [6, 6.07) is 3.61. The van der Waals surface area contributed by atoms with E-state index in [9.17, 15) is 4.79 Å². The van der Waals surface area contributed by atoms with Gasteiger partial charge in [-0.05, 0) is 33.2 Å². The summed E-state index contributed by atoms with van der Waals surface area (Å²) in [5, 5.41) is 1.39. The third-order valence-corrected chi connectivity index (χ3v) is 3.92. The van der Waals surface area contributed by atoms with Crippen molar-refractivity contribution in [3.63, 3.8) is 0 Å². The lowest BCUT2D eigenvalue weighted by molar-refractivity contribution is 0.107. The minimum Gasteiger partial charge on any atom is -0.493 e. The summed E-state index contributed by atoms with van der Waals surface area (Å²) in [5.74, 6) is 2.56. The Labute approximate surface area is 147 Å². The molecule has 0 spiro atoms. The molecule has 1 heterocycles. The maximum Gasteiger partial charge on any atom is 0.189 e. The van der Waals surface area contributed by atoms with E-state index >= 15 is 0 Å². The average molecular weight is 361 g/mol. The van der Waals surface area contributed by atoms with Gasteiger partial charge in [0.05, 0.1) is 27.8 Å². The Bertz CT molecular complexity index is 687. The SMILES string of the molecule is CCOC1=c2c(ccc(Cl)c2=C=O)N(CCN(C)C)C1OC.Cl. The highest BCUT2D eigenvalue weighted by atomic mass is 35.5. The van der Waals surface area contributed by atoms with E-state index in [1.54, 1.807) is 13.2 Å². The lowest BCUT2D eigenvalue weighted by atomic mass is 10.2. The minimum absolute atomic E-state index is 0. The number of ether oxygens (including phenoxy) is 2. The fourth-order valence-corrected chi connectivity index (χ4v) is 2.82. The van der Waals surface area contributed by atoms with E-state index in [-0.39, 0.29) is 18.6 Å². The molecule has 1 aliphatic heterocycles. The van der Waals surface area contributed by atoms with Crippen molar-refractivity contribution in [1.29, 1.82) is 0 Å². The predicted molar refractivity (Wildman–Crippen MR) is 94.5 cm³/mol. The monoisotopic (exact) mass is 360 g/mol. The van der Waals surface area contributed by atoms with Crippen LogP contribution in [-0.4, -0.2) is 58.0 Å². The standard InChI is InChI=1S/C16H21ClN2O3.ClH/c1-5-22-15-14-11(10-20)12(17)6-7-13(14)19(16(15)21-4)9-8-18(2)3;/h6-7,16H,5,8-9H2,1-4H3;1H. The van der Waals surface area contributed by atoms with Crippen molar-refractivity contribution in [1.82, 2.24) is 4.90 Å². The van der Waals surface area contributed by atoms with Crippen molar-refractivity contribution in [3.8, 4) is 0 Å². The van der Waals surface area contributed by atoms with Gasteiger partial charge in [-0.2, -0.15) is 0 Å². The molecular weight excluding hydrogens is 339 g/mol. The van der Waals surface area contributed by atoms with Crippen molar-refractivity contribution < 1.29 is 14.3 Å². The third kappa shape index (κ3) is 3.82. The first-order chi connectivity index (χ1) is 10.5. The lowest BCUT2D eigenvalue weighted by Gasteiger charge is -2.29. The molecule has 2 rings (SSSR count). The van der Waals surface area contributed by atoms with Crippen molar-refractivity contribution in [2.24, 2.45) is 0 Å². The van der Waals surface area contributed by atoms with E-state index in [1.807, 2.05) is 33.0 Å². The largest absolute Gasteiger partial charge is 0.493 e. The third-order valence-electron chi connectivity index (χ3n) is 3.61. The molecule has 5 nitrogen and oxygen atoms in total. The summed E-state index contributed by atoms with van der Waals surface area (Å²) in [5.41, 5.74) is 0.889. The van der Waals surface area contributed by atoms with Crippen LogP contribution in [0.4, 0.5) is 5.69 Å². The van der Waals surface area contributed by atoms with Crippen LogP contribution in [0.2, 0.25) is 5.02 Å². The molecule has 0 N–H and O–H groups in total. The fraction of sp³-hybridized carbons (Fsp3) is 0.500. The molecule has 0 saturated heterocycles. The quantitative estimate of drug-likeness (QED) is 0.749. The lowest BCUT2D eigenvalue weighted by Crippen LogP contribution is -2.39. The maximum atomic E-state index is 11.4. The Morgan fingerprint density at radius 2 is 2.09 bits per heavy atom. The number of hydrogen-bond acceptors (Lipinski definition) is 5. The smallest absolute Gasteiger partial charge is 0.189 e. The van der Waals surface area contributed by atoms with E-state index in [0.29, 0.717) is 27.8 Å². The molecule has 0 aliphatic carbocycles. The van der Waals surface area contributed by atoms with Gasteiger partial charge in [0.1, 0.15) is 5.94 Å². The molecule has 0 fully saturated rings. The summed E-state index contributed by atoms with van der Waals surface area (Å²) < 4.78 is 11.4. The molecule has 1 aromatic rings. The maximum absolute atomic E-state index is 11.4. The molecule has 7 heteroatoms. The number of anilines is 1. The van der Waals surface area contributed by atoms with Gasteiger partial charge < -0.3 is 19.3 Å². The molecule has 0 bridgehead atoms. The second-order valence-corrected chi connectivity index (χ2v) is 5.71. The van der Waals surface area contributed by atoms with E-state index in [4.69, 9.17) is 21.1 Å². The Morgan fingerprint density at radius 1 is 1.39 bits per heavy atom. The van der Waals surface area contributed by atoms with E-state index in [0.717, 1.165) is 18.8 Å². The van der Waals surface area contributed by atoms with Crippen molar-refractivity contribution in [2.45, 2.75) is 13.2 Å². The Hall–Kier alpha value is -1.23. The molecule has 0 aromatic heterocycles. The van der Waals surface area contributed by atoms with Crippen LogP contribution in [-0.2, 0) is 14.3 Å². The highest BCUT2D eigenvalue weighted by molar-refractivity contribution is 6.31. The zero-order valence-electron chi connectivity index (χ0n) is 13.8. The number of benzene rings is 1. The van der Waals surface area contributed by atoms with Gasteiger partial charge >= 0.3 is 0 Å². The fourth-order valence-electron chi connectivity index (χ4n) is 2.62. The van der Waals surface area contributed by atoms with Crippen LogP contribution in [0.5, 0.6) is 0 Å². The molecule has 1 unspecified atom stereocenters. The number of fused-ring (bicyclic) bond motifs is 1. The highest BCUT2D eigenvalue weighted by Crippen LogP contribution is 2.26. The van der Waals surface area contributed by atoms with Gasteiger partial charge in [0.25, 0.3) is 0 Å². The highest BCUT2D eigenvalue weighted by Gasteiger charge is 2.33. The second kappa shape index (κ2) is 8.57. The van der Waals surface area contributed by atoms with Crippen LogP contribution in [0, 0.1) is 0 Å². The molecule has 128 valence electrons. The van der Waals surface area contributed by atoms with Crippen molar-refractivity contribution >= 4 is 41.4 Å². The Morgan fingerprint density at radius 3 is 2.61 bits per heavy atom. The van der Waals surface area contributed by atoms with Crippen LogP contribution < -0.4 is 15.3 Å². The molecule has 0 radical (unpaired) electrons. The van der Waals surface area contributed by atoms with E-state index < -0.39 is 0 Å². The number of halogens is 2. The van der Waals surface area contributed by atoms with Crippen molar-refractivity contribution in [3.05, 3.63) is 27.6 Å². The van der Waals surface area contributed by atoms with E-state index in [1.165, 1.54) is 0 Å². The number of rotatable bonds is 6. The molecule has 0 amide bonds. The van der Waals surface area contributed by atoms with Gasteiger partial charge in [-0.1, -0.05) is 11.6 Å². The molecule has 1 aliphatic rings. The topological polar surface area (TPSA) is 42.0 Å². The first kappa shape index (κ1) is 19.8. The van der Waals surface area contributed by atoms with Crippen LogP contribution in [0.15, 0.2) is 12.1 Å².